The molecule has 2 atom stereocenters. The second-order valence-electron chi connectivity index (χ2n) is 6.67. The van der Waals surface area contributed by atoms with Crippen LogP contribution in [0.15, 0.2) is 0 Å². The molecule has 2 unspecified atom stereocenters. The first-order chi connectivity index (χ1) is 9.02. The molecule has 2 aliphatic heterocycles. The Morgan fingerprint density at radius 2 is 2.16 bits per heavy atom. The highest BCUT2D eigenvalue weighted by Gasteiger charge is 2.34. The molecule has 0 aromatic carbocycles. The van der Waals surface area contributed by atoms with Gasteiger partial charge in [0.2, 0.25) is 5.91 Å². The predicted octanol–water partition coefficient (Wildman–Crippen LogP) is 1.51. The van der Waals surface area contributed by atoms with E-state index in [-0.39, 0.29) is 11.4 Å². The van der Waals surface area contributed by atoms with Gasteiger partial charge in [0.05, 0.1) is 6.54 Å². The van der Waals surface area contributed by atoms with Crippen LogP contribution in [-0.2, 0) is 4.79 Å². The lowest BCUT2D eigenvalue weighted by atomic mass is 10.0. The van der Waals surface area contributed by atoms with Crippen molar-refractivity contribution < 1.29 is 4.79 Å². The van der Waals surface area contributed by atoms with Crippen LogP contribution >= 0.6 is 0 Å². The van der Waals surface area contributed by atoms with Crippen molar-refractivity contribution in [2.75, 3.05) is 19.6 Å². The Hall–Kier alpha value is -0.610. The second-order valence-corrected chi connectivity index (χ2v) is 6.67. The lowest BCUT2D eigenvalue weighted by molar-refractivity contribution is -0.124. The van der Waals surface area contributed by atoms with Crippen LogP contribution in [0.3, 0.4) is 0 Å². The van der Waals surface area contributed by atoms with Gasteiger partial charge in [-0.1, -0.05) is 6.92 Å². The van der Waals surface area contributed by atoms with Crippen molar-refractivity contribution in [1.29, 1.82) is 0 Å². The van der Waals surface area contributed by atoms with E-state index in [9.17, 15) is 4.79 Å². The Kier molecular flexibility index (Phi) is 4.85. The van der Waals surface area contributed by atoms with E-state index >= 15 is 0 Å². The molecule has 0 aliphatic carbocycles. The minimum atomic E-state index is -0.0854. The first-order valence-corrected chi connectivity index (χ1v) is 7.80. The number of carbonyl (C=O) groups excluding carboxylic acids is 1. The maximum Gasteiger partial charge on any atom is 0.234 e. The van der Waals surface area contributed by atoms with Gasteiger partial charge in [0, 0.05) is 17.6 Å². The monoisotopic (exact) mass is 267 g/mol. The summed E-state index contributed by atoms with van der Waals surface area (Å²) in [5.41, 5.74) is -0.0854. The third-order valence-electron chi connectivity index (χ3n) is 4.69. The summed E-state index contributed by atoms with van der Waals surface area (Å²) in [5.74, 6) is 0.178. The maximum absolute atomic E-state index is 12.2. The molecule has 2 N–H and O–H groups in total. The first-order valence-electron chi connectivity index (χ1n) is 7.80. The molecule has 4 nitrogen and oxygen atoms in total. The smallest absolute Gasteiger partial charge is 0.234 e. The van der Waals surface area contributed by atoms with Gasteiger partial charge < -0.3 is 10.6 Å². The number of hydrogen-bond acceptors (Lipinski definition) is 3. The van der Waals surface area contributed by atoms with Crippen molar-refractivity contribution in [2.24, 2.45) is 0 Å². The molecular formula is C15H29N3O. The van der Waals surface area contributed by atoms with E-state index in [4.69, 9.17) is 0 Å². The van der Waals surface area contributed by atoms with E-state index in [0.29, 0.717) is 18.6 Å². The molecule has 0 saturated carbocycles. The molecule has 2 heterocycles. The molecule has 4 heteroatoms. The van der Waals surface area contributed by atoms with E-state index in [1.54, 1.807) is 0 Å². The lowest BCUT2D eigenvalue weighted by Gasteiger charge is -2.31. The van der Waals surface area contributed by atoms with E-state index in [2.05, 4.69) is 36.3 Å². The summed E-state index contributed by atoms with van der Waals surface area (Å²) in [5, 5.41) is 6.73. The Balaban J connectivity index is 1.85. The highest BCUT2D eigenvalue weighted by Crippen LogP contribution is 2.24. The highest BCUT2D eigenvalue weighted by molar-refractivity contribution is 5.78. The molecule has 2 saturated heterocycles. The molecule has 0 aromatic rings. The second kappa shape index (κ2) is 6.23. The Morgan fingerprint density at radius 3 is 2.79 bits per heavy atom. The molecule has 19 heavy (non-hydrogen) atoms. The highest BCUT2D eigenvalue weighted by atomic mass is 16.2. The zero-order valence-electron chi connectivity index (χ0n) is 12.7. The normalized spacial score (nSPS) is 28.8. The Morgan fingerprint density at radius 1 is 1.37 bits per heavy atom. The Bertz CT molecular complexity index is 311. The zero-order chi connectivity index (χ0) is 13.9. The largest absolute Gasteiger partial charge is 0.350 e. The van der Waals surface area contributed by atoms with Crippen LogP contribution in [0.2, 0.25) is 0 Å². The third-order valence-corrected chi connectivity index (χ3v) is 4.69. The summed E-state index contributed by atoms with van der Waals surface area (Å²) in [6.07, 6.45) is 5.98. The van der Waals surface area contributed by atoms with Crippen molar-refractivity contribution in [3.63, 3.8) is 0 Å². The van der Waals surface area contributed by atoms with Crippen LogP contribution in [-0.4, -0.2) is 48.1 Å². The van der Waals surface area contributed by atoms with E-state index < -0.39 is 0 Å². The van der Waals surface area contributed by atoms with Crippen molar-refractivity contribution in [1.82, 2.24) is 15.5 Å². The standard InChI is InChI=1S/C15H29N3O/c1-4-15(2,3)17-14(19)11-18-10-6-8-13(18)12-7-5-9-16-12/h12-13,16H,4-11H2,1-3H3,(H,17,19). The summed E-state index contributed by atoms with van der Waals surface area (Å²) >= 11 is 0. The average Bonchev–Trinajstić information content (AvgIpc) is 2.97. The quantitative estimate of drug-likeness (QED) is 0.793. The van der Waals surface area contributed by atoms with Crippen molar-refractivity contribution >= 4 is 5.91 Å². The predicted molar refractivity (Wildman–Crippen MR) is 78.1 cm³/mol. The van der Waals surface area contributed by atoms with Crippen molar-refractivity contribution in [2.45, 2.75) is 70.5 Å². The summed E-state index contributed by atoms with van der Waals surface area (Å²) in [4.78, 5) is 14.5. The minimum Gasteiger partial charge on any atom is -0.350 e. The van der Waals surface area contributed by atoms with Gasteiger partial charge in [-0.2, -0.15) is 0 Å². The van der Waals surface area contributed by atoms with E-state index in [1.807, 2.05) is 0 Å². The van der Waals surface area contributed by atoms with Crippen LogP contribution in [0.1, 0.15) is 52.9 Å². The summed E-state index contributed by atoms with van der Waals surface area (Å²) in [6, 6.07) is 1.17. The van der Waals surface area contributed by atoms with Crippen LogP contribution in [0.5, 0.6) is 0 Å². The molecule has 0 aromatic heterocycles. The molecule has 1 amide bonds. The number of rotatable bonds is 5. The van der Waals surface area contributed by atoms with Gasteiger partial charge >= 0.3 is 0 Å². The van der Waals surface area contributed by atoms with Gasteiger partial charge in [0.1, 0.15) is 0 Å². The summed E-state index contributed by atoms with van der Waals surface area (Å²) in [7, 11) is 0. The fraction of sp³-hybridized carbons (Fsp3) is 0.933. The summed E-state index contributed by atoms with van der Waals surface area (Å²) in [6.45, 7) is 9.07. The molecule has 0 radical (unpaired) electrons. The van der Waals surface area contributed by atoms with Gasteiger partial charge in [-0.05, 0) is 59.0 Å². The number of amides is 1. The molecule has 2 rings (SSSR count). The topological polar surface area (TPSA) is 44.4 Å². The number of likely N-dealkylation sites (tertiary alicyclic amines) is 1. The number of hydrogen-bond donors (Lipinski definition) is 2. The van der Waals surface area contributed by atoms with Crippen LogP contribution in [0.25, 0.3) is 0 Å². The maximum atomic E-state index is 12.2. The number of nitrogens with one attached hydrogen (secondary N) is 2. The lowest BCUT2D eigenvalue weighted by Crippen LogP contribution is -2.51. The minimum absolute atomic E-state index is 0.0854. The van der Waals surface area contributed by atoms with Crippen LogP contribution in [0, 0.1) is 0 Å². The van der Waals surface area contributed by atoms with Crippen molar-refractivity contribution in [3.05, 3.63) is 0 Å². The van der Waals surface area contributed by atoms with E-state index in [1.165, 1.54) is 25.7 Å². The number of carbonyl (C=O) groups is 1. The third kappa shape index (κ3) is 3.93. The first kappa shape index (κ1) is 14.8. The fourth-order valence-corrected chi connectivity index (χ4v) is 3.23. The van der Waals surface area contributed by atoms with Gasteiger partial charge in [-0.15, -0.1) is 0 Å². The van der Waals surface area contributed by atoms with E-state index in [0.717, 1.165) is 19.5 Å². The van der Waals surface area contributed by atoms with Gasteiger partial charge in [0.25, 0.3) is 0 Å². The molecule has 0 spiro atoms. The molecule has 110 valence electrons. The fourth-order valence-electron chi connectivity index (χ4n) is 3.23. The van der Waals surface area contributed by atoms with Gasteiger partial charge in [-0.3, -0.25) is 9.69 Å². The van der Waals surface area contributed by atoms with Crippen LogP contribution < -0.4 is 10.6 Å². The SMILES string of the molecule is CCC(C)(C)NC(=O)CN1CCCC1C1CCCN1. The average molecular weight is 267 g/mol. The molecule has 2 fully saturated rings. The Labute approximate surface area is 117 Å². The van der Waals surface area contributed by atoms with Gasteiger partial charge in [-0.25, -0.2) is 0 Å². The molecule has 0 bridgehead atoms. The van der Waals surface area contributed by atoms with Gasteiger partial charge in [0.15, 0.2) is 0 Å². The molecular weight excluding hydrogens is 238 g/mol. The summed E-state index contributed by atoms with van der Waals surface area (Å²) < 4.78 is 0. The van der Waals surface area contributed by atoms with Crippen LogP contribution in [0.4, 0.5) is 0 Å². The number of nitrogens with zero attached hydrogens (tertiary/aromatic N) is 1. The molecule has 2 aliphatic rings. The zero-order valence-corrected chi connectivity index (χ0v) is 12.7. The van der Waals surface area contributed by atoms with Crippen molar-refractivity contribution in [3.8, 4) is 0 Å².